The van der Waals surface area contributed by atoms with Gasteiger partial charge in [-0.15, -0.1) is 0 Å². The Kier molecular flexibility index (Phi) is 8.37. The van der Waals surface area contributed by atoms with Crippen molar-refractivity contribution in [1.29, 1.82) is 0 Å². The molecular weight excluding hydrogens is 436 g/mol. The first-order chi connectivity index (χ1) is 17.1. The Bertz CT molecular complexity index is 1100. The Morgan fingerprint density at radius 2 is 1.69 bits per heavy atom. The summed E-state index contributed by atoms with van der Waals surface area (Å²) in [7, 11) is 1.63. The van der Waals surface area contributed by atoms with Crippen molar-refractivity contribution in [3.63, 3.8) is 0 Å². The van der Waals surface area contributed by atoms with E-state index in [2.05, 4.69) is 57.4 Å². The van der Waals surface area contributed by atoms with E-state index in [0.717, 1.165) is 73.9 Å². The van der Waals surface area contributed by atoms with Gasteiger partial charge in [0, 0.05) is 55.7 Å². The summed E-state index contributed by atoms with van der Waals surface area (Å²) in [6, 6.07) is 18.5. The molecule has 1 fully saturated rings. The molecule has 0 spiro atoms. The van der Waals surface area contributed by atoms with Crippen molar-refractivity contribution < 1.29 is 9.53 Å². The van der Waals surface area contributed by atoms with Gasteiger partial charge < -0.3 is 19.9 Å². The monoisotopic (exact) mass is 472 g/mol. The number of pyridine rings is 1. The van der Waals surface area contributed by atoms with E-state index in [1.807, 2.05) is 37.4 Å². The van der Waals surface area contributed by atoms with E-state index >= 15 is 0 Å². The van der Waals surface area contributed by atoms with E-state index in [0.29, 0.717) is 12.0 Å². The number of piperazine rings is 1. The number of rotatable bonds is 10. The van der Waals surface area contributed by atoms with Gasteiger partial charge in [0.05, 0.1) is 7.11 Å². The molecule has 2 aromatic carbocycles. The molecule has 0 atom stereocenters. The summed E-state index contributed by atoms with van der Waals surface area (Å²) in [6.45, 7) is 9.65. The Morgan fingerprint density at radius 1 is 0.943 bits per heavy atom. The number of ketones is 1. The second-order valence-corrected chi connectivity index (χ2v) is 8.99. The molecule has 1 aromatic heterocycles. The van der Waals surface area contributed by atoms with Crippen LogP contribution in [0.25, 0.3) is 0 Å². The largest absolute Gasteiger partial charge is 0.497 e. The second-order valence-electron chi connectivity index (χ2n) is 8.99. The van der Waals surface area contributed by atoms with Gasteiger partial charge in [0.2, 0.25) is 0 Å². The molecule has 35 heavy (non-hydrogen) atoms. The van der Waals surface area contributed by atoms with Crippen LogP contribution < -0.4 is 15.0 Å². The molecule has 1 N–H and O–H groups in total. The molecule has 0 unspecified atom stereocenters. The topological polar surface area (TPSA) is 57.7 Å². The average Bonchev–Trinajstić information content (AvgIpc) is 2.92. The van der Waals surface area contributed by atoms with E-state index in [-0.39, 0.29) is 5.78 Å². The van der Waals surface area contributed by atoms with Crippen molar-refractivity contribution in [2.24, 2.45) is 0 Å². The maximum atomic E-state index is 12.1. The van der Waals surface area contributed by atoms with E-state index in [9.17, 15) is 4.79 Å². The second kappa shape index (κ2) is 11.8. The summed E-state index contributed by atoms with van der Waals surface area (Å²) in [6.07, 6.45) is 4.08. The van der Waals surface area contributed by atoms with Crippen LogP contribution in [-0.4, -0.2) is 55.5 Å². The summed E-state index contributed by atoms with van der Waals surface area (Å²) in [5.41, 5.74) is 5.28. The van der Waals surface area contributed by atoms with Crippen molar-refractivity contribution in [2.45, 2.75) is 33.1 Å². The van der Waals surface area contributed by atoms with Gasteiger partial charge in [-0.3, -0.25) is 4.79 Å². The minimum Gasteiger partial charge on any atom is -0.497 e. The lowest BCUT2D eigenvalue weighted by atomic mass is 10.0. The normalized spacial score (nSPS) is 14.1. The molecule has 6 nitrogen and oxygen atoms in total. The summed E-state index contributed by atoms with van der Waals surface area (Å²) < 4.78 is 5.39. The number of anilines is 3. The number of ether oxygens (including phenoxy) is 1. The standard InChI is InChI=1S/C29H36N4O2/c1-4-28(34)24-18-23(19-27(20-24)35-3)7-6-22-8-13-29(30-21-22)31-25-9-11-26(12-10-25)33-16-14-32(5-2)15-17-33/h8-13,18-21H,4-7,14-17H2,1-3H3,(H,30,31). The van der Waals surface area contributed by atoms with Crippen molar-refractivity contribution in [3.8, 4) is 5.75 Å². The summed E-state index contributed by atoms with van der Waals surface area (Å²) >= 11 is 0. The average molecular weight is 473 g/mol. The SMILES string of the molecule is CCC(=O)c1cc(CCc2ccc(Nc3ccc(N4CCN(CC)CC4)cc3)nc2)cc(OC)c1. The fourth-order valence-corrected chi connectivity index (χ4v) is 4.45. The zero-order valence-electron chi connectivity index (χ0n) is 21.1. The Morgan fingerprint density at radius 3 is 2.31 bits per heavy atom. The molecule has 0 amide bonds. The molecule has 1 aliphatic rings. The zero-order chi connectivity index (χ0) is 24.6. The highest BCUT2D eigenvalue weighted by Crippen LogP contribution is 2.23. The number of nitrogens with one attached hydrogen (secondary N) is 1. The van der Waals surface area contributed by atoms with Crippen molar-refractivity contribution in [1.82, 2.24) is 9.88 Å². The molecular formula is C29H36N4O2. The Labute approximate surface area is 208 Å². The zero-order valence-corrected chi connectivity index (χ0v) is 21.1. The molecule has 184 valence electrons. The summed E-state index contributed by atoms with van der Waals surface area (Å²) in [5, 5.41) is 3.40. The third kappa shape index (κ3) is 6.61. The van der Waals surface area contributed by atoms with Gasteiger partial charge in [-0.2, -0.15) is 0 Å². The number of benzene rings is 2. The maximum Gasteiger partial charge on any atom is 0.162 e. The van der Waals surface area contributed by atoms with Gasteiger partial charge in [0.15, 0.2) is 5.78 Å². The number of likely N-dealkylation sites (N-methyl/N-ethyl adjacent to an activating group) is 1. The van der Waals surface area contributed by atoms with Gasteiger partial charge in [-0.25, -0.2) is 4.98 Å². The highest BCUT2D eigenvalue weighted by molar-refractivity contribution is 5.96. The van der Waals surface area contributed by atoms with Crippen LogP contribution in [0.5, 0.6) is 5.75 Å². The highest BCUT2D eigenvalue weighted by atomic mass is 16.5. The molecule has 0 bridgehead atoms. The van der Waals surface area contributed by atoms with E-state index in [1.165, 1.54) is 5.69 Å². The van der Waals surface area contributed by atoms with Crippen LogP contribution in [0.4, 0.5) is 17.2 Å². The molecule has 3 aromatic rings. The van der Waals surface area contributed by atoms with Gasteiger partial charge >= 0.3 is 0 Å². The van der Waals surface area contributed by atoms with Crippen LogP contribution in [0.3, 0.4) is 0 Å². The van der Waals surface area contributed by atoms with Crippen LogP contribution in [0.15, 0.2) is 60.8 Å². The number of hydrogen-bond donors (Lipinski definition) is 1. The van der Waals surface area contributed by atoms with E-state index in [4.69, 9.17) is 4.74 Å². The van der Waals surface area contributed by atoms with Crippen LogP contribution in [0.1, 0.15) is 41.8 Å². The number of Topliss-reactive ketones (excluding diaryl/α,β-unsaturated/α-hetero) is 1. The smallest absolute Gasteiger partial charge is 0.162 e. The lowest BCUT2D eigenvalue weighted by Gasteiger charge is -2.35. The van der Waals surface area contributed by atoms with Crippen molar-refractivity contribution in [3.05, 3.63) is 77.5 Å². The number of methoxy groups -OCH3 is 1. The number of aryl methyl sites for hydroxylation is 2. The Hall–Kier alpha value is -3.38. The molecule has 0 saturated carbocycles. The minimum atomic E-state index is 0.134. The molecule has 4 rings (SSSR count). The number of carbonyl (C=O) groups excluding carboxylic acids is 1. The Balaban J connectivity index is 1.32. The van der Waals surface area contributed by atoms with Crippen LogP contribution in [-0.2, 0) is 12.8 Å². The first kappa shape index (κ1) is 24.7. The predicted octanol–water partition coefficient (Wildman–Crippen LogP) is 5.35. The lowest BCUT2D eigenvalue weighted by Crippen LogP contribution is -2.46. The van der Waals surface area contributed by atoms with Gasteiger partial charge in [0.1, 0.15) is 11.6 Å². The number of carbonyl (C=O) groups is 1. The van der Waals surface area contributed by atoms with Crippen molar-refractivity contribution in [2.75, 3.05) is 50.1 Å². The highest BCUT2D eigenvalue weighted by Gasteiger charge is 2.15. The summed E-state index contributed by atoms with van der Waals surface area (Å²) in [4.78, 5) is 21.7. The van der Waals surface area contributed by atoms with Crippen LogP contribution >= 0.6 is 0 Å². The third-order valence-electron chi connectivity index (χ3n) is 6.70. The molecule has 0 aliphatic carbocycles. The molecule has 2 heterocycles. The lowest BCUT2D eigenvalue weighted by molar-refractivity contribution is 0.0987. The van der Waals surface area contributed by atoms with Crippen molar-refractivity contribution >= 4 is 23.0 Å². The predicted molar refractivity (Wildman–Crippen MR) is 143 cm³/mol. The number of aromatic nitrogens is 1. The molecule has 1 aliphatic heterocycles. The van der Waals surface area contributed by atoms with Gasteiger partial charge in [-0.1, -0.05) is 19.9 Å². The first-order valence-electron chi connectivity index (χ1n) is 12.6. The third-order valence-corrected chi connectivity index (χ3v) is 6.70. The number of nitrogens with zero attached hydrogens (tertiary/aromatic N) is 3. The molecule has 0 radical (unpaired) electrons. The minimum absolute atomic E-state index is 0.134. The van der Waals surface area contributed by atoms with Crippen LogP contribution in [0.2, 0.25) is 0 Å². The fraction of sp³-hybridized carbons (Fsp3) is 0.379. The fourth-order valence-electron chi connectivity index (χ4n) is 4.45. The molecule has 6 heteroatoms. The van der Waals surface area contributed by atoms with E-state index < -0.39 is 0 Å². The van der Waals surface area contributed by atoms with Gasteiger partial charge in [0.25, 0.3) is 0 Å². The maximum absolute atomic E-state index is 12.1. The molecule has 1 saturated heterocycles. The van der Waals surface area contributed by atoms with Crippen LogP contribution in [0, 0.1) is 0 Å². The summed E-state index contributed by atoms with van der Waals surface area (Å²) in [5.74, 6) is 1.69. The van der Waals surface area contributed by atoms with E-state index in [1.54, 1.807) is 7.11 Å². The van der Waals surface area contributed by atoms with Gasteiger partial charge in [-0.05, 0) is 79.0 Å². The first-order valence-corrected chi connectivity index (χ1v) is 12.6. The number of hydrogen-bond acceptors (Lipinski definition) is 6. The quantitative estimate of drug-likeness (QED) is 0.401.